The molecule has 0 N–H and O–H groups in total. The number of hydrogen-bond donors (Lipinski definition) is 0. The SMILES string of the molecule is O=C(Oc1ccc(N2C(=O)[C@@H]3[C@H]4CC[C@@H](C4)[C@H]3C2=O)cc1)[C@H]1CC(=O)N(c2ccc(Cl)cc2)C1. The van der Waals surface area contributed by atoms with E-state index in [1.807, 2.05) is 0 Å². The minimum Gasteiger partial charge on any atom is -0.426 e. The van der Waals surface area contributed by atoms with E-state index in [0.717, 1.165) is 19.3 Å². The molecule has 34 heavy (non-hydrogen) atoms. The molecule has 2 aromatic carbocycles. The van der Waals surface area contributed by atoms with Crippen LogP contribution < -0.4 is 14.5 Å². The monoisotopic (exact) mass is 478 g/mol. The highest BCUT2D eigenvalue weighted by Crippen LogP contribution is 2.56. The molecule has 5 atom stereocenters. The summed E-state index contributed by atoms with van der Waals surface area (Å²) in [5.74, 6) is -0.791. The Bertz CT molecular complexity index is 1170. The standard InChI is InChI=1S/C26H23ClN2O5/c27-17-3-5-18(6-4-17)28-13-16(12-21(28)30)26(33)34-20-9-7-19(8-10-20)29-24(31)22-14-1-2-15(11-14)23(22)25(29)32/h3-10,14-16,22-23H,1-2,11-13H2/t14-,15-,16-,22+,23+/m0/s1. The maximum Gasteiger partial charge on any atom is 0.316 e. The van der Waals surface area contributed by atoms with E-state index in [1.54, 1.807) is 53.4 Å². The summed E-state index contributed by atoms with van der Waals surface area (Å²) >= 11 is 5.91. The van der Waals surface area contributed by atoms with Gasteiger partial charge in [0, 0.05) is 23.7 Å². The Labute approximate surface area is 201 Å². The van der Waals surface area contributed by atoms with Crippen LogP contribution in [0.5, 0.6) is 5.75 Å². The summed E-state index contributed by atoms with van der Waals surface area (Å²) in [4.78, 5) is 54.0. The van der Waals surface area contributed by atoms with Gasteiger partial charge in [0.2, 0.25) is 17.7 Å². The molecule has 2 saturated heterocycles. The summed E-state index contributed by atoms with van der Waals surface area (Å²) in [6, 6.07) is 13.3. The van der Waals surface area contributed by atoms with Gasteiger partial charge in [0.15, 0.2) is 0 Å². The van der Waals surface area contributed by atoms with Crippen molar-refractivity contribution in [2.75, 3.05) is 16.3 Å². The van der Waals surface area contributed by atoms with Crippen molar-refractivity contribution in [3.8, 4) is 5.75 Å². The quantitative estimate of drug-likeness (QED) is 0.379. The van der Waals surface area contributed by atoms with Crippen molar-refractivity contribution in [3.63, 3.8) is 0 Å². The molecule has 4 aliphatic rings. The van der Waals surface area contributed by atoms with E-state index in [2.05, 4.69) is 0 Å². The third-order valence-corrected chi connectivity index (χ3v) is 8.09. The number of carbonyl (C=O) groups is 4. The predicted molar refractivity (Wildman–Crippen MR) is 124 cm³/mol. The van der Waals surface area contributed by atoms with Gasteiger partial charge in [0.25, 0.3) is 0 Å². The van der Waals surface area contributed by atoms with Crippen LogP contribution >= 0.6 is 11.6 Å². The van der Waals surface area contributed by atoms with Gasteiger partial charge in [-0.25, -0.2) is 0 Å². The number of imide groups is 1. The molecule has 0 aromatic heterocycles. The number of anilines is 2. The summed E-state index contributed by atoms with van der Waals surface area (Å²) in [6.07, 6.45) is 3.13. The van der Waals surface area contributed by atoms with E-state index in [1.165, 1.54) is 4.90 Å². The number of benzene rings is 2. The summed E-state index contributed by atoms with van der Waals surface area (Å²) in [7, 11) is 0. The Morgan fingerprint density at radius 3 is 2.06 bits per heavy atom. The molecule has 7 nitrogen and oxygen atoms in total. The Hall–Kier alpha value is -3.19. The number of carbonyl (C=O) groups excluding carboxylic acids is 4. The van der Waals surface area contributed by atoms with Gasteiger partial charge in [-0.3, -0.25) is 24.1 Å². The van der Waals surface area contributed by atoms with Gasteiger partial charge in [-0.15, -0.1) is 0 Å². The lowest BCUT2D eigenvalue weighted by Gasteiger charge is -2.19. The van der Waals surface area contributed by atoms with Crippen molar-refractivity contribution in [1.82, 2.24) is 0 Å². The molecule has 0 unspecified atom stereocenters. The Balaban J connectivity index is 1.12. The van der Waals surface area contributed by atoms with Gasteiger partial charge < -0.3 is 9.64 Å². The molecule has 2 saturated carbocycles. The van der Waals surface area contributed by atoms with E-state index < -0.39 is 11.9 Å². The topological polar surface area (TPSA) is 84.0 Å². The van der Waals surface area contributed by atoms with Crippen LogP contribution in [0.2, 0.25) is 5.02 Å². The zero-order chi connectivity index (χ0) is 23.6. The maximum atomic E-state index is 13.0. The largest absolute Gasteiger partial charge is 0.426 e. The first kappa shape index (κ1) is 21.4. The van der Waals surface area contributed by atoms with Crippen molar-refractivity contribution in [3.05, 3.63) is 53.6 Å². The van der Waals surface area contributed by atoms with Crippen molar-refractivity contribution in [1.29, 1.82) is 0 Å². The summed E-state index contributed by atoms with van der Waals surface area (Å²) in [5, 5.41) is 0.572. The van der Waals surface area contributed by atoms with Crippen LogP contribution in [0.3, 0.4) is 0 Å². The van der Waals surface area contributed by atoms with Gasteiger partial charge in [0.05, 0.1) is 23.4 Å². The van der Waals surface area contributed by atoms with Crippen LogP contribution in [0, 0.1) is 29.6 Å². The van der Waals surface area contributed by atoms with Gasteiger partial charge in [-0.05, 0) is 79.6 Å². The summed E-state index contributed by atoms with van der Waals surface area (Å²) < 4.78 is 5.51. The number of hydrogen-bond acceptors (Lipinski definition) is 5. The number of esters is 1. The first-order valence-electron chi connectivity index (χ1n) is 11.7. The fraction of sp³-hybridized carbons (Fsp3) is 0.385. The molecule has 8 heteroatoms. The fourth-order valence-corrected chi connectivity index (χ4v) is 6.39. The van der Waals surface area contributed by atoms with Gasteiger partial charge in [-0.2, -0.15) is 0 Å². The molecule has 2 aliphatic heterocycles. The Kier molecular flexibility index (Phi) is 4.99. The summed E-state index contributed by atoms with van der Waals surface area (Å²) in [6.45, 7) is 0.235. The second-order valence-corrected chi connectivity index (χ2v) is 10.1. The first-order valence-corrected chi connectivity index (χ1v) is 12.0. The van der Waals surface area contributed by atoms with Crippen LogP contribution in [0.15, 0.2) is 48.5 Å². The highest BCUT2D eigenvalue weighted by molar-refractivity contribution is 6.30. The van der Waals surface area contributed by atoms with Crippen molar-refractivity contribution in [2.45, 2.75) is 25.7 Å². The summed E-state index contributed by atoms with van der Waals surface area (Å²) in [5.41, 5.74) is 1.20. The van der Waals surface area contributed by atoms with E-state index >= 15 is 0 Å². The third kappa shape index (κ3) is 3.33. The molecule has 174 valence electrons. The van der Waals surface area contributed by atoms with Gasteiger partial charge in [-0.1, -0.05) is 11.6 Å². The minimum absolute atomic E-state index is 0.0709. The Morgan fingerprint density at radius 1 is 0.853 bits per heavy atom. The lowest BCUT2D eigenvalue weighted by atomic mass is 9.81. The molecule has 6 rings (SSSR count). The van der Waals surface area contributed by atoms with Crippen molar-refractivity contribution >= 4 is 46.7 Å². The van der Waals surface area contributed by atoms with Crippen LogP contribution in [0.1, 0.15) is 25.7 Å². The average molecular weight is 479 g/mol. The van der Waals surface area contributed by atoms with E-state index in [0.29, 0.717) is 34.0 Å². The van der Waals surface area contributed by atoms with Crippen LogP contribution in [0.4, 0.5) is 11.4 Å². The number of ether oxygens (including phenoxy) is 1. The molecule has 2 aromatic rings. The van der Waals surface area contributed by atoms with Crippen LogP contribution in [0.25, 0.3) is 0 Å². The number of halogens is 1. The fourth-order valence-electron chi connectivity index (χ4n) is 6.26. The third-order valence-electron chi connectivity index (χ3n) is 7.84. The second-order valence-electron chi connectivity index (χ2n) is 9.69. The van der Waals surface area contributed by atoms with Crippen molar-refractivity contribution in [2.24, 2.45) is 29.6 Å². The van der Waals surface area contributed by atoms with Gasteiger partial charge in [0.1, 0.15) is 5.75 Å². The van der Waals surface area contributed by atoms with E-state index in [4.69, 9.17) is 16.3 Å². The Morgan fingerprint density at radius 2 is 1.44 bits per heavy atom. The molecular formula is C26H23ClN2O5. The number of amides is 3. The normalized spacial score (nSPS) is 29.8. The number of nitrogens with zero attached hydrogens (tertiary/aromatic N) is 2. The number of fused-ring (bicyclic) bond motifs is 5. The minimum atomic E-state index is -0.584. The first-order chi connectivity index (χ1) is 16.4. The predicted octanol–water partition coefficient (Wildman–Crippen LogP) is 3.83. The maximum absolute atomic E-state index is 13.0. The molecule has 3 amide bonds. The smallest absolute Gasteiger partial charge is 0.316 e. The molecule has 2 aliphatic carbocycles. The molecule has 0 radical (unpaired) electrons. The molecule has 2 heterocycles. The highest BCUT2D eigenvalue weighted by Gasteiger charge is 2.61. The molecule has 2 bridgehead atoms. The van der Waals surface area contributed by atoms with Crippen LogP contribution in [-0.4, -0.2) is 30.2 Å². The average Bonchev–Trinajstić information content (AvgIpc) is 3.59. The van der Waals surface area contributed by atoms with E-state index in [-0.39, 0.29) is 42.5 Å². The second kappa shape index (κ2) is 7.94. The zero-order valence-electron chi connectivity index (χ0n) is 18.4. The lowest BCUT2D eigenvalue weighted by molar-refractivity contribution is -0.139. The lowest BCUT2D eigenvalue weighted by Crippen LogP contribution is -2.32. The number of rotatable bonds is 4. The van der Waals surface area contributed by atoms with E-state index in [9.17, 15) is 19.2 Å². The molecule has 0 spiro atoms. The molecule has 4 fully saturated rings. The highest BCUT2D eigenvalue weighted by atomic mass is 35.5. The zero-order valence-corrected chi connectivity index (χ0v) is 19.1. The van der Waals surface area contributed by atoms with Crippen molar-refractivity contribution < 1.29 is 23.9 Å². The van der Waals surface area contributed by atoms with Crippen LogP contribution in [-0.2, 0) is 19.2 Å². The van der Waals surface area contributed by atoms with Gasteiger partial charge >= 0.3 is 5.97 Å². The molecular weight excluding hydrogens is 456 g/mol.